The number of hydrogen-bond acceptors (Lipinski definition) is 2. The molecule has 0 aliphatic heterocycles. The zero-order chi connectivity index (χ0) is 12.8. The van der Waals surface area contributed by atoms with Crippen molar-refractivity contribution in [3.8, 4) is 0 Å². The molecule has 1 aromatic carbocycles. The lowest BCUT2D eigenvalue weighted by molar-refractivity contribution is -0.229. The predicted molar refractivity (Wildman–Crippen MR) is 59.7 cm³/mol. The van der Waals surface area contributed by atoms with Crippen LogP contribution in [0.3, 0.4) is 0 Å². The molecular weight excluding hydrogens is 226 g/mol. The van der Waals surface area contributed by atoms with E-state index in [1.54, 1.807) is 26.0 Å². The molecule has 0 heterocycles. The number of hydrogen-bond donors (Lipinski definition) is 2. The topological polar surface area (TPSA) is 40.5 Å². The van der Waals surface area contributed by atoms with Crippen LogP contribution in [0.15, 0.2) is 24.3 Å². The molecular formula is C13H16F2O2. The SMILES string of the molecule is CC(C)C[C@]1(O)c2ccccc2[C@@H](O)C1(F)F. The van der Waals surface area contributed by atoms with Crippen LogP contribution in [-0.2, 0) is 5.60 Å². The van der Waals surface area contributed by atoms with E-state index in [4.69, 9.17) is 0 Å². The van der Waals surface area contributed by atoms with Crippen LogP contribution in [0.5, 0.6) is 0 Å². The fourth-order valence-corrected chi connectivity index (χ4v) is 2.55. The molecule has 0 amide bonds. The number of halogens is 2. The zero-order valence-electron chi connectivity index (χ0n) is 9.82. The van der Waals surface area contributed by atoms with Gasteiger partial charge in [0.1, 0.15) is 6.10 Å². The maximum Gasteiger partial charge on any atom is 0.309 e. The van der Waals surface area contributed by atoms with Gasteiger partial charge in [0.25, 0.3) is 0 Å². The van der Waals surface area contributed by atoms with Crippen LogP contribution in [0, 0.1) is 5.92 Å². The summed E-state index contributed by atoms with van der Waals surface area (Å²) >= 11 is 0. The molecule has 0 radical (unpaired) electrons. The van der Waals surface area contributed by atoms with Crippen molar-refractivity contribution in [2.45, 2.75) is 37.9 Å². The average Bonchev–Trinajstić information content (AvgIpc) is 2.39. The lowest BCUT2D eigenvalue weighted by Crippen LogP contribution is -2.44. The Kier molecular flexibility index (Phi) is 2.75. The number of alkyl halides is 2. The van der Waals surface area contributed by atoms with E-state index >= 15 is 0 Å². The standard InChI is InChI=1S/C13H16F2O2/c1-8(2)7-12(17)10-6-4-3-5-9(10)11(16)13(12,14)15/h3-6,8,11,16-17H,7H2,1-2H3/t11-,12+/m1/s1. The monoisotopic (exact) mass is 242 g/mol. The Morgan fingerprint density at radius 2 is 1.88 bits per heavy atom. The van der Waals surface area contributed by atoms with E-state index < -0.39 is 17.6 Å². The Morgan fingerprint density at radius 3 is 2.47 bits per heavy atom. The first kappa shape index (κ1) is 12.5. The molecule has 94 valence electrons. The maximum absolute atomic E-state index is 14.0. The zero-order valence-corrected chi connectivity index (χ0v) is 9.82. The fraction of sp³-hybridized carbons (Fsp3) is 0.538. The summed E-state index contributed by atoms with van der Waals surface area (Å²) in [7, 11) is 0. The minimum absolute atomic E-state index is 0.0753. The van der Waals surface area contributed by atoms with Gasteiger partial charge in [0.15, 0.2) is 5.60 Å². The molecule has 0 unspecified atom stereocenters. The molecule has 0 saturated carbocycles. The van der Waals surface area contributed by atoms with Crippen LogP contribution in [-0.4, -0.2) is 16.1 Å². The molecule has 4 heteroatoms. The van der Waals surface area contributed by atoms with Gasteiger partial charge in [-0.3, -0.25) is 0 Å². The van der Waals surface area contributed by atoms with Gasteiger partial charge in [0.05, 0.1) is 0 Å². The third-order valence-electron chi connectivity index (χ3n) is 3.30. The molecule has 1 aliphatic carbocycles. The number of aliphatic hydroxyl groups excluding tert-OH is 1. The molecule has 2 atom stereocenters. The third-order valence-corrected chi connectivity index (χ3v) is 3.30. The van der Waals surface area contributed by atoms with Crippen molar-refractivity contribution in [1.29, 1.82) is 0 Å². The largest absolute Gasteiger partial charge is 0.382 e. The molecule has 0 bridgehead atoms. The van der Waals surface area contributed by atoms with Crippen LogP contribution < -0.4 is 0 Å². The normalized spacial score (nSPS) is 30.6. The summed E-state index contributed by atoms with van der Waals surface area (Å²) < 4.78 is 28.1. The van der Waals surface area contributed by atoms with E-state index in [9.17, 15) is 19.0 Å². The molecule has 2 nitrogen and oxygen atoms in total. The van der Waals surface area contributed by atoms with Crippen LogP contribution in [0.1, 0.15) is 37.5 Å². The lowest BCUT2D eigenvalue weighted by atomic mass is 9.85. The molecule has 2 N–H and O–H groups in total. The number of aliphatic hydroxyl groups is 2. The van der Waals surface area contributed by atoms with E-state index in [0.29, 0.717) is 0 Å². The number of rotatable bonds is 2. The van der Waals surface area contributed by atoms with Gasteiger partial charge in [0, 0.05) is 0 Å². The predicted octanol–water partition coefficient (Wildman–Crippen LogP) is 2.60. The van der Waals surface area contributed by atoms with Gasteiger partial charge in [-0.25, -0.2) is 0 Å². The third kappa shape index (κ3) is 1.58. The summed E-state index contributed by atoms with van der Waals surface area (Å²) in [5.74, 6) is -3.63. The summed E-state index contributed by atoms with van der Waals surface area (Å²) in [4.78, 5) is 0. The number of fused-ring (bicyclic) bond motifs is 1. The Hall–Kier alpha value is -1.00. The summed E-state index contributed by atoms with van der Waals surface area (Å²) in [5.41, 5.74) is -2.00. The van der Waals surface area contributed by atoms with Crippen molar-refractivity contribution < 1.29 is 19.0 Å². The molecule has 17 heavy (non-hydrogen) atoms. The van der Waals surface area contributed by atoms with Crippen LogP contribution in [0.25, 0.3) is 0 Å². The van der Waals surface area contributed by atoms with Gasteiger partial charge in [0.2, 0.25) is 0 Å². The summed E-state index contributed by atoms with van der Waals surface area (Å²) in [6, 6.07) is 6.07. The van der Waals surface area contributed by atoms with Crippen molar-refractivity contribution in [2.24, 2.45) is 5.92 Å². The highest BCUT2D eigenvalue weighted by atomic mass is 19.3. The summed E-state index contributed by atoms with van der Waals surface area (Å²) in [6.45, 7) is 3.53. The molecule has 1 aliphatic rings. The van der Waals surface area contributed by atoms with Gasteiger partial charge < -0.3 is 10.2 Å². The number of benzene rings is 1. The molecule has 2 rings (SSSR count). The van der Waals surface area contributed by atoms with Crippen molar-refractivity contribution in [2.75, 3.05) is 0 Å². The van der Waals surface area contributed by atoms with Gasteiger partial charge in [-0.05, 0) is 23.5 Å². The molecule has 0 aromatic heterocycles. The van der Waals surface area contributed by atoms with Crippen molar-refractivity contribution >= 4 is 0 Å². The van der Waals surface area contributed by atoms with E-state index in [2.05, 4.69) is 0 Å². The first-order valence-corrected chi connectivity index (χ1v) is 5.68. The van der Waals surface area contributed by atoms with Crippen molar-refractivity contribution in [1.82, 2.24) is 0 Å². The quantitative estimate of drug-likeness (QED) is 0.836. The highest BCUT2D eigenvalue weighted by Crippen LogP contribution is 2.56. The molecule has 0 fully saturated rings. The Labute approximate surface area is 98.9 Å². The second-order valence-corrected chi connectivity index (χ2v) is 5.07. The summed E-state index contributed by atoms with van der Waals surface area (Å²) in [6.07, 6.45) is -2.00. The first-order chi connectivity index (χ1) is 7.80. The van der Waals surface area contributed by atoms with Crippen molar-refractivity contribution in [3.05, 3.63) is 35.4 Å². The highest BCUT2D eigenvalue weighted by Gasteiger charge is 2.64. The van der Waals surface area contributed by atoms with Gasteiger partial charge in [-0.2, -0.15) is 8.78 Å². The molecule has 1 aromatic rings. The summed E-state index contributed by atoms with van der Waals surface area (Å²) in [5, 5.41) is 19.9. The maximum atomic E-state index is 14.0. The van der Waals surface area contributed by atoms with Gasteiger partial charge >= 0.3 is 5.92 Å². The van der Waals surface area contributed by atoms with Crippen LogP contribution in [0.2, 0.25) is 0 Å². The fourth-order valence-electron chi connectivity index (χ4n) is 2.55. The highest BCUT2D eigenvalue weighted by molar-refractivity contribution is 5.43. The van der Waals surface area contributed by atoms with Crippen molar-refractivity contribution in [3.63, 3.8) is 0 Å². The van der Waals surface area contributed by atoms with Gasteiger partial charge in [-0.15, -0.1) is 0 Å². The second kappa shape index (κ2) is 3.75. The Bertz CT molecular complexity index is 431. The Morgan fingerprint density at radius 1 is 1.29 bits per heavy atom. The first-order valence-electron chi connectivity index (χ1n) is 5.68. The molecule has 0 saturated heterocycles. The van der Waals surface area contributed by atoms with E-state index in [0.717, 1.165) is 0 Å². The minimum atomic E-state index is -3.54. The smallest absolute Gasteiger partial charge is 0.309 e. The van der Waals surface area contributed by atoms with Crippen LogP contribution >= 0.6 is 0 Å². The molecule has 0 spiro atoms. The second-order valence-electron chi connectivity index (χ2n) is 5.07. The lowest BCUT2D eigenvalue weighted by Gasteiger charge is -2.33. The van der Waals surface area contributed by atoms with Crippen LogP contribution in [0.4, 0.5) is 8.78 Å². The minimum Gasteiger partial charge on any atom is -0.382 e. The van der Waals surface area contributed by atoms with E-state index in [1.807, 2.05) is 0 Å². The van der Waals surface area contributed by atoms with E-state index in [1.165, 1.54) is 12.1 Å². The van der Waals surface area contributed by atoms with Gasteiger partial charge in [-0.1, -0.05) is 38.1 Å². The average molecular weight is 242 g/mol. The Balaban J connectivity index is 2.57. The van der Waals surface area contributed by atoms with E-state index in [-0.39, 0.29) is 23.5 Å².